The third-order valence-corrected chi connectivity index (χ3v) is 4.60. The van der Waals surface area contributed by atoms with Crippen LogP contribution in [0.1, 0.15) is 13.3 Å². The van der Waals surface area contributed by atoms with Crippen molar-refractivity contribution in [3.63, 3.8) is 0 Å². The second-order valence-electron chi connectivity index (χ2n) is 4.56. The minimum Gasteiger partial charge on any atom is -0.383 e. The minimum absolute atomic E-state index is 0.0666. The van der Waals surface area contributed by atoms with E-state index >= 15 is 0 Å². The van der Waals surface area contributed by atoms with Gasteiger partial charge in [0.25, 0.3) is 0 Å². The Labute approximate surface area is 99.5 Å². The molecule has 0 bridgehead atoms. The number of sulfone groups is 1. The second-order valence-corrected chi connectivity index (χ2v) is 6.75. The SMILES string of the molecule is CC1(Nc2cc(N)nc(N)n2)CCS(=O)(=O)C1. The van der Waals surface area contributed by atoms with Crippen molar-refractivity contribution in [1.29, 1.82) is 0 Å². The Hall–Kier alpha value is -1.57. The van der Waals surface area contributed by atoms with Gasteiger partial charge in [0.05, 0.1) is 17.0 Å². The van der Waals surface area contributed by atoms with Crippen LogP contribution in [0.2, 0.25) is 0 Å². The first-order valence-electron chi connectivity index (χ1n) is 5.17. The van der Waals surface area contributed by atoms with Crippen molar-refractivity contribution < 1.29 is 8.42 Å². The highest BCUT2D eigenvalue weighted by Gasteiger charge is 2.38. The lowest BCUT2D eigenvalue weighted by Gasteiger charge is -2.24. The van der Waals surface area contributed by atoms with Crippen LogP contribution in [0.5, 0.6) is 0 Å². The molecule has 8 heteroatoms. The molecule has 5 N–H and O–H groups in total. The van der Waals surface area contributed by atoms with Crippen molar-refractivity contribution in [3.8, 4) is 0 Å². The highest BCUT2D eigenvalue weighted by molar-refractivity contribution is 7.91. The molecule has 1 aromatic rings. The molecule has 0 radical (unpaired) electrons. The van der Waals surface area contributed by atoms with Crippen LogP contribution in [0.3, 0.4) is 0 Å². The summed E-state index contributed by atoms with van der Waals surface area (Å²) in [5, 5.41) is 3.06. The Kier molecular flexibility index (Phi) is 2.61. The molecule has 1 fully saturated rings. The van der Waals surface area contributed by atoms with Gasteiger partial charge >= 0.3 is 0 Å². The van der Waals surface area contributed by atoms with Crippen molar-refractivity contribution in [2.24, 2.45) is 0 Å². The van der Waals surface area contributed by atoms with Crippen molar-refractivity contribution in [3.05, 3.63) is 6.07 Å². The fraction of sp³-hybridized carbons (Fsp3) is 0.556. The molecule has 7 nitrogen and oxygen atoms in total. The standard InChI is InChI=1S/C9H15N5O2S/c1-9(2-3-17(15,16)5-9)14-7-4-6(10)12-8(11)13-7/h4H,2-3,5H2,1H3,(H5,10,11,12,13,14). The number of hydrogen-bond donors (Lipinski definition) is 3. The quantitative estimate of drug-likeness (QED) is 0.660. The summed E-state index contributed by atoms with van der Waals surface area (Å²) in [6, 6.07) is 1.53. The molecule has 1 aliphatic heterocycles. The average molecular weight is 257 g/mol. The molecule has 0 aromatic carbocycles. The van der Waals surface area contributed by atoms with Crippen LogP contribution in [0.15, 0.2) is 6.07 Å². The van der Waals surface area contributed by atoms with Crippen LogP contribution in [0.25, 0.3) is 0 Å². The second kappa shape index (κ2) is 3.73. The van der Waals surface area contributed by atoms with Gasteiger partial charge in [-0.3, -0.25) is 0 Å². The maximum Gasteiger partial charge on any atom is 0.223 e. The number of nitrogens with zero attached hydrogens (tertiary/aromatic N) is 2. The number of rotatable bonds is 2. The van der Waals surface area contributed by atoms with Crippen molar-refractivity contribution in [2.75, 3.05) is 28.3 Å². The van der Waals surface area contributed by atoms with Gasteiger partial charge in [-0.05, 0) is 13.3 Å². The van der Waals surface area contributed by atoms with E-state index in [4.69, 9.17) is 11.5 Å². The topological polar surface area (TPSA) is 124 Å². The van der Waals surface area contributed by atoms with E-state index in [2.05, 4.69) is 15.3 Å². The molecule has 17 heavy (non-hydrogen) atoms. The third kappa shape index (κ3) is 2.76. The number of hydrogen-bond acceptors (Lipinski definition) is 7. The molecule has 1 unspecified atom stereocenters. The van der Waals surface area contributed by atoms with Gasteiger partial charge in [-0.25, -0.2) is 8.42 Å². The van der Waals surface area contributed by atoms with Crippen LogP contribution in [-0.2, 0) is 9.84 Å². The zero-order valence-electron chi connectivity index (χ0n) is 9.47. The smallest absolute Gasteiger partial charge is 0.223 e. The summed E-state index contributed by atoms with van der Waals surface area (Å²) in [6.45, 7) is 1.84. The zero-order valence-corrected chi connectivity index (χ0v) is 10.3. The normalized spacial score (nSPS) is 26.9. The lowest BCUT2D eigenvalue weighted by Crippen LogP contribution is -2.36. The van der Waals surface area contributed by atoms with Gasteiger partial charge in [0.2, 0.25) is 5.95 Å². The number of anilines is 3. The molecule has 94 valence electrons. The maximum absolute atomic E-state index is 11.4. The predicted octanol–water partition coefficient (Wildman–Crippen LogP) is -0.370. The van der Waals surface area contributed by atoms with Crippen LogP contribution >= 0.6 is 0 Å². The summed E-state index contributed by atoms with van der Waals surface area (Å²) in [7, 11) is -2.96. The van der Waals surface area contributed by atoms with E-state index in [9.17, 15) is 8.42 Å². The van der Waals surface area contributed by atoms with Crippen LogP contribution in [0, 0.1) is 0 Å². The minimum atomic E-state index is -2.96. The monoisotopic (exact) mass is 257 g/mol. The number of nitrogens with one attached hydrogen (secondary N) is 1. The summed E-state index contributed by atoms with van der Waals surface area (Å²) in [6.07, 6.45) is 0.541. The number of nitrogens with two attached hydrogens (primary N) is 2. The third-order valence-electron chi connectivity index (χ3n) is 2.70. The first kappa shape index (κ1) is 11.9. The van der Waals surface area contributed by atoms with E-state index in [0.717, 1.165) is 0 Å². The van der Waals surface area contributed by atoms with Crippen LogP contribution in [-0.4, -0.2) is 35.4 Å². The summed E-state index contributed by atoms with van der Waals surface area (Å²) in [5.74, 6) is 1.05. The summed E-state index contributed by atoms with van der Waals surface area (Å²) >= 11 is 0. The molecule has 2 heterocycles. The fourth-order valence-electron chi connectivity index (χ4n) is 1.97. The Morgan fingerprint density at radius 2 is 2.12 bits per heavy atom. The van der Waals surface area contributed by atoms with Gasteiger partial charge in [-0.1, -0.05) is 0 Å². The molecule has 2 rings (SSSR count). The van der Waals surface area contributed by atoms with Crippen molar-refractivity contribution >= 4 is 27.4 Å². The van der Waals surface area contributed by atoms with E-state index in [1.807, 2.05) is 6.92 Å². The van der Waals surface area contributed by atoms with Gasteiger partial charge < -0.3 is 16.8 Å². The Balaban J connectivity index is 2.21. The first-order chi connectivity index (χ1) is 7.78. The molecule has 0 amide bonds. The number of nitrogen functional groups attached to an aromatic ring is 2. The van der Waals surface area contributed by atoms with E-state index in [1.165, 1.54) is 6.07 Å². The highest BCUT2D eigenvalue weighted by Crippen LogP contribution is 2.27. The van der Waals surface area contributed by atoms with E-state index in [-0.39, 0.29) is 23.3 Å². The lowest BCUT2D eigenvalue weighted by molar-refractivity contribution is 0.572. The molecular formula is C9H15N5O2S. The maximum atomic E-state index is 11.4. The van der Waals surface area contributed by atoms with Crippen LogP contribution in [0.4, 0.5) is 17.6 Å². The fourth-order valence-corrected chi connectivity index (χ4v) is 4.06. The van der Waals surface area contributed by atoms with Gasteiger partial charge in [0.1, 0.15) is 11.6 Å². The van der Waals surface area contributed by atoms with E-state index in [1.54, 1.807) is 0 Å². The van der Waals surface area contributed by atoms with Gasteiger partial charge in [-0.15, -0.1) is 0 Å². The summed E-state index contributed by atoms with van der Waals surface area (Å²) < 4.78 is 22.9. The van der Waals surface area contributed by atoms with E-state index < -0.39 is 15.4 Å². The lowest BCUT2D eigenvalue weighted by atomic mass is 10.0. The van der Waals surface area contributed by atoms with Gasteiger partial charge in [-0.2, -0.15) is 9.97 Å². The van der Waals surface area contributed by atoms with Gasteiger partial charge in [0, 0.05) is 6.07 Å². The molecule has 0 aliphatic carbocycles. The predicted molar refractivity (Wildman–Crippen MR) is 66.2 cm³/mol. The van der Waals surface area contributed by atoms with E-state index in [0.29, 0.717) is 12.2 Å². The number of aromatic nitrogens is 2. The zero-order chi connectivity index (χ0) is 12.7. The summed E-state index contributed by atoms with van der Waals surface area (Å²) in [4.78, 5) is 7.72. The molecule has 0 saturated carbocycles. The Morgan fingerprint density at radius 3 is 2.65 bits per heavy atom. The molecular weight excluding hydrogens is 242 g/mol. The first-order valence-corrected chi connectivity index (χ1v) is 6.99. The van der Waals surface area contributed by atoms with Crippen LogP contribution < -0.4 is 16.8 Å². The van der Waals surface area contributed by atoms with Gasteiger partial charge in [0.15, 0.2) is 9.84 Å². The summed E-state index contributed by atoms with van der Waals surface area (Å²) in [5.41, 5.74) is 10.5. The molecule has 1 saturated heterocycles. The average Bonchev–Trinajstić information content (AvgIpc) is 2.37. The largest absolute Gasteiger partial charge is 0.383 e. The highest BCUT2D eigenvalue weighted by atomic mass is 32.2. The molecule has 1 aromatic heterocycles. The molecule has 0 spiro atoms. The Bertz CT molecular complexity index is 524. The molecule has 1 aliphatic rings. The Morgan fingerprint density at radius 1 is 1.41 bits per heavy atom. The molecule has 1 atom stereocenters. The van der Waals surface area contributed by atoms with Crippen molar-refractivity contribution in [2.45, 2.75) is 18.9 Å². The van der Waals surface area contributed by atoms with Crippen molar-refractivity contribution in [1.82, 2.24) is 9.97 Å².